The van der Waals surface area contributed by atoms with E-state index in [1.165, 1.54) is 19.3 Å². The molecule has 2 atom stereocenters. The van der Waals surface area contributed by atoms with Gasteiger partial charge in [-0.05, 0) is 49.1 Å². The van der Waals surface area contributed by atoms with Crippen molar-refractivity contribution in [2.75, 3.05) is 0 Å². The smallest absolute Gasteiger partial charge is 0.251 e. The molecular formula is C17H19ClN2O. The molecule has 1 aliphatic rings. The third kappa shape index (κ3) is 3.18. The summed E-state index contributed by atoms with van der Waals surface area (Å²) in [5.74, 6) is 0.564. The summed E-state index contributed by atoms with van der Waals surface area (Å²) in [4.78, 5) is 16.6. The molecule has 110 valence electrons. The Bertz CT molecular complexity index is 671. The molecule has 1 aromatic heterocycles. The largest absolute Gasteiger partial charge is 0.349 e. The van der Waals surface area contributed by atoms with Crippen LogP contribution in [0.5, 0.6) is 0 Å². The van der Waals surface area contributed by atoms with Gasteiger partial charge in [0, 0.05) is 17.0 Å². The second-order valence-electron chi connectivity index (χ2n) is 5.88. The van der Waals surface area contributed by atoms with Crippen molar-refractivity contribution in [2.45, 2.75) is 38.6 Å². The van der Waals surface area contributed by atoms with Crippen LogP contribution >= 0.6 is 11.6 Å². The number of carbonyl (C=O) groups excluding carboxylic acids is 1. The van der Waals surface area contributed by atoms with E-state index in [0.717, 1.165) is 17.3 Å². The summed E-state index contributed by atoms with van der Waals surface area (Å²) in [5, 5.41) is 4.58. The van der Waals surface area contributed by atoms with Crippen molar-refractivity contribution < 1.29 is 4.79 Å². The molecule has 1 amide bonds. The highest BCUT2D eigenvalue weighted by molar-refractivity contribution is 6.29. The van der Waals surface area contributed by atoms with Crippen LogP contribution in [-0.4, -0.2) is 16.9 Å². The summed E-state index contributed by atoms with van der Waals surface area (Å²) in [6.45, 7) is 2.22. The fourth-order valence-corrected chi connectivity index (χ4v) is 3.18. The zero-order valence-corrected chi connectivity index (χ0v) is 12.9. The first kappa shape index (κ1) is 14.3. The number of hydrogen-bond donors (Lipinski definition) is 1. The fraction of sp³-hybridized carbons (Fsp3) is 0.412. The summed E-state index contributed by atoms with van der Waals surface area (Å²) in [7, 11) is 0. The molecule has 3 nitrogen and oxygen atoms in total. The van der Waals surface area contributed by atoms with Gasteiger partial charge >= 0.3 is 0 Å². The van der Waals surface area contributed by atoms with Crippen LogP contribution in [0.25, 0.3) is 10.9 Å². The van der Waals surface area contributed by atoms with Crippen LogP contribution in [0.3, 0.4) is 0 Å². The molecule has 0 bridgehead atoms. The van der Waals surface area contributed by atoms with E-state index in [1.54, 1.807) is 6.07 Å². The molecule has 0 saturated heterocycles. The van der Waals surface area contributed by atoms with Gasteiger partial charge in [-0.1, -0.05) is 31.4 Å². The lowest BCUT2D eigenvalue weighted by molar-refractivity contribution is 0.0910. The van der Waals surface area contributed by atoms with Gasteiger partial charge in [-0.2, -0.15) is 0 Å². The lowest BCUT2D eigenvalue weighted by Gasteiger charge is -2.29. The third-order valence-electron chi connectivity index (χ3n) is 4.35. The second-order valence-corrected chi connectivity index (χ2v) is 6.27. The lowest BCUT2D eigenvalue weighted by atomic mass is 9.86. The molecule has 1 aromatic carbocycles. The van der Waals surface area contributed by atoms with Crippen LogP contribution in [0.1, 0.15) is 43.0 Å². The molecule has 0 spiro atoms. The summed E-state index contributed by atoms with van der Waals surface area (Å²) >= 11 is 5.88. The standard InChI is InChI=1S/C17H19ClN2O/c1-11-4-2-3-5-14(11)20-17(21)13-6-8-15-12(10-13)7-9-16(18)19-15/h6-11,14H,2-5H2,1H3,(H,20,21). The van der Waals surface area contributed by atoms with Gasteiger partial charge in [0.2, 0.25) is 0 Å². The Labute approximate surface area is 129 Å². The van der Waals surface area contributed by atoms with Crippen molar-refractivity contribution in [1.29, 1.82) is 0 Å². The van der Waals surface area contributed by atoms with Crippen molar-refractivity contribution in [2.24, 2.45) is 5.92 Å². The third-order valence-corrected chi connectivity index (χ3v) is 4.56. The Balaban J connectivity index is 1.79. The molecule has 1 fully saturated rings. The maximum atomic E-state index is 12.4. The highest BCUT2D eigenvalue weighted by Gasteiger charge is 2.23. The lowest BCUT2D eigenvalue weighted by Crippen LogP contribution is -2.41. The highest BCUT2D eigenvalue weighted by atomic mass is 35.5. The van der Waals surface area contributed by atoms with Crippen LogP contribution in [0, 0.1) is 5.92 Å². The van der Waals surface area contributed by atoms with Gasteiger partial charge in [0.15, 0.2) is 0 Å². The Morgan fingerprint density at radius 3 is 2.86 bits per heavy atom. The van der Waals surface area contributed by atoms with Crippen LogP contribution in [-0.2, 0) is 0 Å². The van der Waals surface area contributed by atoms with Gasteiger partial charge in [0.1, 0.15) is 5.15 Å². The monoisotopic (exact) mass is 302 g/mol. The number of aromatic nitrogens is 1. The molecule has 1 aliphatic carbocycles. The minimum absolute atomic E-state index is 0.00519. The van der Waals surface area contributed by atoms with Crippen molar-refractivity contribution in [1.82, 2.24) is 10.3 Å². The number of hydrogen-bond acceptors (Lipinski definition) is 2. The van der Waals surface area contributed by atoms with Crippen LogP contribution in [0.2, 0.25) is 5.15 Å². The molecule has 1 N–H and O–H groups in total. The molecule has 21 heavy (non-hydrogen) atoms. The molecule has 1 heterocycles. The maximum absolute atomic E-state index is 12.4. The first-order valence-electron chi connectivity index (χ1n) is 7.50. The number of pyridine rings is 1. The average Bonchev–Trinajstić information content (AvgIpc) is 2.49. The maximum Gasteiger partial charge on any atom is 0.251 e. The van der Waals surface area contributed by atoms with E-state index in [1.807, 2.05) is 24.3 Å². The number of amides is 1. The van der Waals surface area contributed by atoms with E-state index in [4.69, 9.17) is 11.6 Å². The van der Waals surface area contributed by atoms with Crippen molar-refractivity contribution in [3.63, 3.8) is 0 Å². The average molecular weight is 303 g/mol. The van der Waals surface area contributed by atoms with E-state index >= 15 is 0 Å². The Hall–Kier alpha value is -1.61. The van der Waals surface area contributed by atoms with E-state index in [-0.39, 0.29) is 5.91 Å². The molecule has 0 radical (unpaired) electrons. The predicted octanol–water partition coefficient (Wildman–Crippen LogP) is 4.20. The minimum Gasteiger partial charge on any atom is -0.349 e. The fourth-order valence-electron chi connectivity index (χ4n) is 3.02. The number of nitrogens with one attached hydrogen (secondary N) is 1. The molecule has 2 aromatic rings. The van der Waals surface area contributed by atoms with Gasteiger partial charge < -0.3 is 5.32 Å². The van der Waals surface area contributed by atoms with Gasteiger partial charge in [-0.15, -0.1) is 0 Å². The highest BCUT2D eigenvalue weighted by Crippen LogP contribution is 2.24. The van der Waals surface area contributed by atoms with E-state index in [9.17, 15) is 4.79 Å². The number of rotatable bonds is 2. The van der Waals surface area contributed by atoms with Gasteiger partial charge in [-0.3, -0.25) is 4.79 Å². The molecular weight excluding hydrogens is 284 g/mol. The van der Waals surface area contributed by atoms with Crippen LogP contribution in [0.15, 0.2) is 30.3 Å². The molecule has 2 unspecified atom stereocenters. The molecule has 1 saturated carbocycles. The van der Waals surface area contributed by atoms with Gasteiger partial charge in [-0.25, -0.2) is 4.98 Å². The number of fused-ring (bicyclic) bond motifs is 1. The zero-order chi connectivity index (χ0) is 14.8. The van der Waals surface area contributed by atoms with Crippen LogP contribution < -0.4 is 5.32 Å². The number of nitrogens with zero attached hydrogens (tertiary/aromatic N) is 1. The van der Waals surface area contributed by atoms with E-state index in [0.29, 0.717) is 22.7 Å². The molecule has 4 heteroatoms. The van der Waals surface area contributed by atoms with E-state index in [2.05, 4.69) is 17.2 Å². The number of halogens is 1. The summed E-state index contributed by atoms with van der Waals surface area (Å²) in [6, 6.07) is 9.47. The van der Waals surface area contributed by atoms with Crippen LogP contribution in [0.4, 0.5) is 0 Å². The zero-order valence-electron chi connectivity index (χ0n) is 12.1. The van der Waals surface area contributed by atoms with Crippen molar-refractivity contribution in [3.05, 3.63) is 41.0 Å². The minimum atomic E-state index is 0.00519. The normalized spacial score (nSPS) is 22.2. The Kier molecular flexibility index (Phi) is 4.11. The topological polar surface area (TPSA) is 42.0 Å². The van der Waals surface area contributed by atoms with E-state index < -0.39 is 0 Å². The Morgan fingerprint density at radius 1 is 1.24 bits per heavy atom. The molecule has 3 rings (SSSR count). The predicted molar refractivity (Wildman–Crippen MR) is 85.6 cm³/mol. The molecule has 0 aliphatic heterocycles. The SMILES string of the molecule is CC1CCCCC1NC(=O)c1ccc2nc(Cl)ccc2c1. The van der Waals surface area contributed by atoms with Crippen molar-refractivity contribution in [3.8, 4) is 0 Å². The summed E-state index contributed by atoms with van der Waals surface area (Å²) in [5.41, 5.74) is 1.49. The quantitative estimate of drug-likeness (QED) is 0.845. The first-order chi connectivity index (χ1) is 10.1. The van der Waals surface area contributed by atoms with Gasteiger partial charge in [0.05, 0.1) is 5.52 Å². The second kappa shape index (κ2) is 6.02. The Morgan fingerprint density at radius 2 is 2.05 bits per heavy atom. The number of benzene rings is 1. The number of carbonyl (C=O) groups is 1. The van der Waals surface area contributed by atoms with Gasteiger partial charge in [0.25, 0.3) is 5.91 Å². The van der Waals surface area contributed by atoms with Crippen molar-refractivity contribution >= 4 is 28.4 Å². The summed E-state index contributed by atoms with van der Waals surface area (Å²) < 4.78 is 0. The summed E-state index contributed by atoms with van der Waals surface area (Å²) in [6.07, 6.45) is 4.76. The first-order valence-corrected chi connectivity index (χ1v) is 7.88.